The minimum atomic E-state index is 0.246. The Morgan fingerprint density at radius 2 is 1.62 bits per heavy atom. The fourth-order valence-corrected chi connectivity index (χ4v) is 8.58. The lowest BCUT2D eigenvalue weighted by Crippen LogP contribution is -2.51. The quantitative estimate of drug-likeness (QED) is 0.461. The fraction of sp³-hybridized carbons (Fsp3) is 0.893. The molecule has 0 amide bonds. The number of hydrogen-bond donors (Lipinski definition) is 0. The molecule has 1 heteroatoms. The second-order valence-electron chi connectivity index (χ2n) is 12.6. The monoisotopic (exact) mass is 398 g/mol. The Bertz CT molecular complexity index is 659. The first-order valence-electron chi connectivity index (χ1n) is 12.9. The maximum absolute atomic E-state index is 13.3. The van der Waals surface area contributed by atoms with E-state index in [-0.39, 0.29) is 5.41 Å². The molecule has 0 aromatic heterocycles. The second-order valence-corrected chi connectivity index (χ2v) is 12.6. The van der Waals surface area contributed by atoms with Gasteiger partial charge in [-0.05, 0) is 90.9 Å². The van der Waals surface area contributed by atoms with Crippen LogP contribution in [0.2, 0.25) is 0 Å². The van der Waals surface area contributed by atoms with Crippen LogP contribution in [0.15, 0.2) is 11.6 Å². The zero-order valence-corrected chi connectivity index (χ0v) is 20.1. The van der Waals surface area contributed by atoms with E-state index in [1.165, 1.54) is 57.8 Å². The molecule has 4 rings (SSSR count). The Kier molecular flexibility index (Phi) is 5.84. The first-order chi connectivity index (χ1) is 13.7. The molecular weight excluding hydrogens is 352 g/mol. The summed E-state index contributed by atoms with van der Waals surface area (Å²) in [5, 5.41) is 0. The lowest BCUT2D eigenvalue weighted by molar-refractivity contribution is -0.130. The molecule has 0 radical (unpaired) electrons. The zero-order valence-electron chi connectivity index (χ0n) is 20.1. The lowest BCUT2D eigenvalue weighted by atomic mass is 9.47. The van der Waals surface area contributed by atoms with Gasteiger partial charge < -0.3 is 0 Å². The molecule has 0 aromatic rings. The standard InChI is InChI=1S/C28H46O/c1-18(2)8-7-9-20(4)22-10-11-23-21-17-26(29)25-16-19(3)12-14-28(25,6)24(21)13-15-27(22,23)5/h17-20,22-25H,7-16H2,1-6H3/t19-,20+,22+,23?,24?,25-,27+,28+/m0/s1. The van der Waals surface area contributed by atoms with Crippen LogP contribution in [0.1, 0.15) is 106 Å². The highest BCUT2D eigenvalue weighted by molar-refractivity contribution is 5.94. The third-order valence-electron chi connectivity index (χ3n) is 10.4. The van der Waals surface area contributed by atoms with Crippen molar-refractivity contribution >= 4 is 5.78 Å². The predicted octanol–water partition coefficient (Wildman–Crippen LogP) is 7.84. The van der Waals surface area contributed by atoms with Crippen molar-refractivity contribution in [2.75, 3.05) is 0 Å². The highest BCUT2D eigenvalue weighted by Crippen LogP contribution is 2.66. The van der Waals surface area contributed by atoms with Crippen LogP contribution < -0.4 is 0 Å². The van der Waals surface area contributed by atoms with Crippen LogP contribution in [0.4, 0.5) is 0 Å². The van der Waals surface area contributed by atoms with E-state index in [0.29, 0.717) is 29.0 Å². The Balaban J connectivity index is 1.55. The summed E-state index contributed by atoms with van der Waals surface area (Å²) >= 11 is 0. The summed E-state index contributed by atoms with van der Waals surface area (Å²) in [6.07, 6.45) is 15.5. The summed E-state index contributed by atoms with van der Waals surface area (Å²) in [5.74, 6) is 5.40. The van der Waals surface area contributed by atoms with E-state index in [0.717, 1.165) is 30.1 Å². The molecule has 4 aliphatic rings. The molecule has 2 unspecified atom stereocenters. The first-order valence-corrected chi connectivity index (χ1v) is 12.9. The Hall–Kier alpha value is -0.590. The van der Waals surface area contributed by atoms with Gasteiger partial charge in [0, 0.05) is 5.92 Å². The average molecular weight is 399 g/mol. The van der Waals surface area contributed by atoms with Crippen LogP contribution in [0.3, 0.4) is 0 Å². The summed E-state index contributed by atoms with van der Waals surface area (Å²) in [7, 11) is 0. The highest BCUT2D eigenvalue weighted by Gasteiger charge is 2.59. The fourth-order valence-electron chi connectivity index (χ4n) is 8.58. The van der Waals surface area contributed by atoms with Gasteiger partial charge in [-0.25, -0.2) is 0 Å². The first kappa shape index (κ1) is 21.6. The van der Waals surface area contributed by atoms with Gasteiger partial charge in [-0.15, -0.1) is 0 Å². The van der Waals surface area contributed by atoms with E-state index in [2.05, 4.69) is 47.6 Å². The van der Waals surface area contributed by atoms with Gasteiger partial charge in [-0.3, -0.25) is 4.79 Å². The van der Waals surface area contributed by atoms with Gasteiger partial charge in [0.2, 0.25) is 0 Å². The van der Waals surface area contributed by atoms with Crippen molar-refractivity contribution in [3.05, 3.63) is 11.6 Å². The number of allylic oxidation sites excluding steroid dienone is 2. The van der Waals surface area contributed by atoms with Crippen molar-refractivity contribution < 1.29 is 4.79 Å². The number of carbonyl (C=O) groups excluding carboxylic acids is 1. The Morgan fingerprint density at radius 1 is 0.931 bits per heavy atom. The summed E-state index contributed by atoms with van der Waals surface area (Å²) in [5.41, 5.74) is 2.29. The molecule has 3 fully saturated rings. The van der Waals surface area contributed by atoms with Crippen molar-refractivity contribution in [3.63, 3.8) is 0 Å². The summed E-state index contributed by atoms with van der Waals surface area (Å²) in [6.45, 7) is 14.7. The van der Waals surface area contributed by atoms with Gasteiger partial charge in [0.05, 0.1) is 0 Å². The molecular formula is C28H46O. The molecule has 0 saturated heterocycles. The third-order valence-corrected chi connectivity index (χ3v) is 10.4. The summed E-state index contributed by atoms with van der Waals surface area (Å²) in [6, 6.07) is 0. The molecule has 0 aliphatic heterocycles. The third kappa shape index (κ3) is 3.57. The van der Waals surface area contributed by atoms with E-state index in [9.17, 15) is 4.79 Å². The van der Waals surface area contributed by atoms with Crippen molar-refractivity contribution in [1.82, 2.24) is 0 Å². The average Bonchev–Trinajstić information content (AvgIpc) is 3.00. The molecule has 0 spiro atoms. The van der Waals surface area contributed by atoms with Crippen LogP contribution in [0, 0.1) is 52.3 Å². The van der Waals surface area contributed by atoms with Crippen molar-refractivity contribution in [2.24, 2.45) is 52.3 Å². The largest absolute Gasteiger partial charge is 0.295 e. The molecule has 0 heterocycles. The van der Waals surface area contributed by atoms with Gasteiger partial charge in [0.25, 0.3) is 0 Å². The zero-order chi connectivity index (χ0) is 21.0. The van der Waals surface area contributed by atoms with Gasteiger partial charge in [0.1, 0.15) is 0 Å². The molecule has 164 valence electrons. The normalized spacial score (nSPS) is 45.4. The van der Waals surface area contributed by atoms with Crippen LogP contribution >= 0.6 is 0 Å². The van der Waals surface area contributed by atoms with Crippen LogP contribution in [0.25, 0.3) is 0 Å². The molecule has 8 atom stereocenters. The van der Waals surface area contributed by atoms with Crippen LogP contribution in [-0.4, -0.2) is 5.78 Å². The van der Waals surface area contributed by atoms with Gasteiger partial charge in [-0.2, -0.15) is 0 Å². The highest BCUT2D eigenvalue weighted by atomic mass is 16.1. The molecule has 4 aliphatic carbocycles. The van der Waals surface area contributed by atoms with Crippen molar-refractivity contribution in [2.45, 2.75) is 106 Å². The van der Waals surface area contributed by atoms with E-state index in [1.54, 1.807) is 5.57 Å². The molecule has 29 heavy (non-hydrogen) atoms. The minimum absolute atomic E-state index is 0.246. The molecule has 0 aromatic carbocycles. The molecule has 1 nitrogen and oxygen atoms in total. The van der Waals surface area contributed by atoms with Crippen LogP contribution in [0.5, 0.6) is 0 Å². The Labute approximate surface area is 180 Å². The van der Waals surface area contributed by atoms with Gasteiger partial charge in [0.15, 0.2) is 5.78 Å². The summed E-state index contributed by atoms with van der Waals surface area (Å²) in [4.78, 5) is 13.3. The van der Waals surface area contributed by atoms with E-state index < -0.39 is 0 Å². The van der Waals surface area contributed by atoms with Crippen LogP contribution in [-0.2, 0) is 4.79 Å². The number of fused-ring (bicyclic) bond motifs is 5. The smallest absolute Gasteiger partial charge is 0.159 e. The van der Waals surface area contributed by atoms with E-state index >= 15 is 0 Å². The van der Waals surface area contributed by atoms with Gasteiger partial charge >= 0.3 is 0 Å². The Morgan fingerprint density at radius 3 is 2.34 bits per heavy atom. The number of rotatable bonds is 5. The van der Waals surface area contributed by atoms with E-state index in [1.807, 2.05) is 0 Å². The maximum atomic E-state index is 13.3. The van der Waals surface area contributed by atoms with Crippen molar-refractivity contribution in [1.29, 1.82) is 0 Å². The predicted molar refractivity (Wildman–Crippen MR) is 123 cm³/mol. The van der Waals surface area contributed by atoms with Crippen molar-refractivity contribution in [3.8, 4) is 0 Å². The lowest BCUT2D eigenvalue weighted by Gasteiger charge is -2.57. The van der Waals surface area contributed by atoms with E-state index in [4.69, 9.17) is 0 Å². The second kappa shape index (κ2) is 7.83. The van der Waals surface area contributed by atoms with Gasteiger partial charge in [-0.1, -0.05) is 72.8 Å². The molecule has 3 saturated carbocycles. The topological polar surface area (TPSA) is 17.1 Å². The molecule has 0 N–H and O–H groups in total. The SMILES string of the molecule is CC(C)CCC[C@@H](C)[C@H]1CCC2C3=CC(=O)[C@@H]4C[C@@H](C)CC[C@]4(C)C3CC[C@@]21C. The maximum Gasteiger partial charge on any atom is 0.159 e. The number of carbonyl (C=O) groups is 1. The number of hydrogen-bond acceptors (Lipinski definition) is 1. The number of ketones is 1. The molecule has 0 bridgehead atoms. The minimum Gasteiger partial charge on any atom is -0.295 e. The summed E-state index contributed by atoms with van der Waals surface area (Å²) < 4.78 is 0.